The lowest BCUT2D eigenvalue weighted by molar-refractivity contribution is 0.0694. The number of nitrogens with one attached hydrogen (secondary N) is 2. The summed E-state index contributed by atoms with van der Waals surface area (Å²) in [7, 11) is -3.75. The SMILES string of the molecule is CC(C)(O)CNC(=O)c1nc(CC2CCC2)c(-c2ccc(S(=O)(=O)NC(C)(C)C)c3ccccc23)s1. The summed E-state index contributed by atoms with van der Waals surface area (Å²) in [6.45, 7) is 8.84. The molecule has 7 nitrogen and oxygen atoms in total. The maximum atomic E-state index is 13.2. The van der Waals surface area contributed by atoms with Gasteiger partial charge in [0.15, 0.2) is 5.01 Å². The number of aromatic nitrogens is 1. The van der Waals surface area contributed by atoms with Gasteiger partial charge in [-0.2, -0.15) is 0 Å². The van der Waals surface area contributed by atoms with Crippen LogP contribution in [0.4, 0.5) is 0 Å². The fourth-order valence-electron chi connectivity index (χ4n) is 4.30. The van der Waals surface area contributed by atoms with Crippen LogP contribution in [0.5, 0.6) is 0 Å². The molecule has 9 heteroatoms. The molecular formula is C27H35N3O4S2. The number of hydrogen-bond donors (Lipinski definition) is 3. The van der Waals surface area contributed by atoms with Crippen molar-refractivity contribution < 1.29 is 18.3 Å². The number of fused-ring (bicyclic) bond motifs is 1. The van der Waals surface area contributed by atoms with Gasteiger partial charge in [0.1, 0.15) is 0 Å². The number of carbonyl (C=O) groups excluding carboxylic acids is 1. The third kappa shape index (κ3) is 6.14. The van der Waals surface area contributed by atoms with Crippen molar-refractivity contribution in [3.8, 4) is 10.4 Å². The van der Waals surface area contributed by atoms with E-state index in [1.54, 1.807) is 19.9 Å². The van der Waals surface area contributed by atoms with Gasteiger partial charge in [0.25, 0.3) is 5.91 Å². The highest BCUT2D eigenvalue weighted by molar-refractivity contribution is 7.89. The highest BCUT2D eigenvalue weighted by Gasteiger charge is 2.28. The Morgan fingerprint density at radius 3 is 2.33 bits per heavy atom. The van der Waals surface area contributed by atoms with Crippen LogP contribution in [-0.4, -0.2) is 42.1 Å². The summed E-state index contributed by atoms with van der Waals surface area (Å²) >= 11 is 1.32. The molecule has 0 spiro atoms. The van der Waals surface area contributed by atoms with Gasteiger partial charge in [0, 0.05) is 23.0 Å². The van der Waals surface area contributed by atoms with Crippen LogP contribution in [0.25, 0.3) is 21.2 Å². The average Bonchev–Trinajstić information content (AvgIpc) is 3.15. The molecule has 0 bridgehead atoms. The van der Waals surface area contributed by atoms with Crippen molar-refractivity contribution in [3.05, 3.63) is 47.1 Å². The van der Waals surface area contributed by atoms with Crippen molar-refractivity contribution in [1.82, 2.24) is 15.0 Å². The van der Waals surface area contributed by atoms with Gasteiger partial charge in [-0.1, -0.05) is 49.6 Å². The normalized spacial score (nSPS) is 15.2. The van der Waals surface area contributed by atoms with Gasteiger partial charge in [-0.05, 0) is 58.4 Å². The standard InChI is InChI=1S/C27H35N3O4S2/c1-26(2,3)30-36(33,34)22-14-13-20(18-11-6-7-12-19(18)22)23-21(15-17-9-8-10-17)29-25(35-23)24(31)28-16-27(4,5)32/h6-7,11-14,17,30,32H,8-10,15-16H2,1-5H3,(H,28,31). The second-order valence-electron chi connectivity index (χ2n) is 11.3. The Labute approximate surface area is 217 Å². The second kappa shape index (κ2) is 9.85. The zero-order chi connectivity index (χ0) is 26.3. The first kappa shape index (κ1) is 26.7. The van der Waals surface area contributed by atoms with Crippen molar-refractivity contribution in [2.45, 2.75) is 76.3 Å². The molecule has 0 unspecified atom stereocenters. The van der Waals surface area contributed by atoms with Gasteiger partial charge in [-0.25, -0.2) is 18.1 Å². The Kier molecular flexibility index (Phi) is 7.31. The quantitative estimate of drug-likeness (QED) is 0.385. The van der Waals surface area contributed by atoms with Crippen LogP contribution in [0.3, 0.4) is 0 Å². The number of hydrogen-bond acceptors (Lipinski definition) is 6. The molecule has 0 aliphatic heterocycles. The van der Waals surface area contributed by atoms with E-state index in [9.17, 15) is 18.3 Å². The fourth-order valence-corrected chi connectivity index (χ4v) is 6.98. The number of nitrogens with zero attached hydrogens (tertiary/aromatic N) is 1. The molecule has 0 atom stereocenters. The highest BCUT2D eigenvalue weighted by Crippen LogP contribution is 2.40. The van der Waals surface area contributed by atoms with Crippen LogP contribution < -0.4 is 10.0 Å². The summed E-state index contributed by atoms with van der Waals surface area (Å²) < 4.78 is 29.2. The molecule has 1 fully saturated rings. The summed E-state index contributed by atoms with van der Waals surface area (Å²) in [5.41, 5.74) is 0.0983. The maximum Gasteiger partial charge on any atom is 0.280 e. The van der Waals surface area contributed by atoms with Crippen LogP contribution in [0.15, 0.2) is 41.3 Å². The average molecular weight is 530 g/mol. The third-order valence-electron chi connectivity index (χ3n) is 6.14. The smallest absolute Gasteiger partial charge is 0.280 e. The molecule has 3 N–H and O–H groups in total. The lowest BCUT2D eigenvalue weighted by atomic mass is 9.81. The van der Waals surface area contributed by atoms with Crippen LogP contribution >= 0.6 is 11.3 Å². The van der Waals surface area contributed by atoms with Crippen molar-refractivity contribution in [2.75, 3.05) is 6.54 Å². The Bertz CT molecular complexity index is 1380. The highest BCUT2D eigenvalue weighted by atomic mass is 32.2. The number of aliphatic hydroxyl groups is 1. The molecule has 3 aromatic rings. The molecule has 1 aliphatic rings. The molecule has 1 saturated carbocycles. The zero-order valence-electron chi connectivity index (χ0n) is 21.5. The number of carbonyl (C=O) groups is 1. The summed E-state index contributed by atoms with van der Waals surface area (Å²) in [6.07, 6.45) is 4.28. The van der Waals surface area contributed by atoms with E-state index >= 15 is 0 Å². The molecule has 1 aliphatic carbocycles. The van der Waals surface area contributed by atoms with E-state index in [-0.39, 0.29) is 17.3 Å². The van der Waals surface area contributed by atoms with Crippen LogP contribution in [0.1, 0.15) is 69.4 Å². The third-order valence-corrected chi connectivity index (χ3v) is 9.08. The minimum atomic E-state index is -3.75. The Balaban J connectivity index is 1.80. The van der Waals surface area contributed by atoms with E-state index < -0.39 is 21.2 Å². The van der Waals surface area contributed by atoms with E-state index in [1.807, 2.05) is 51.1 Å². The van der Waals surface area contributed by atoms with Crippen molar-refractivity contribution in [3.63, 3.8) is 0 Å². The van der Waals surface area contributed by atoms with Gasteiger partial charge in [-0.3, -0.25) is 4.79 Å². The molecule has 1 heterocycles. The monoisotopic (exact) mass is 529 g/mol. The zero-order valence-corrected chi connectivity index (χ0v) is 23.1. The Morgan fingerprint density at radius 1 is 1.08 bits per heavy atom. The molecule has 4 rings (SSSR count). The molecule has 0 saturated heterocycles. The number of rotatable bonds is 8. The van der Waals surface area contributed by atoms with E-state index in [0.717, 1.165) is 40.8 Å². The van der Waals surface area contributed by atoms with Gasteiger partial charge in [0.05, 0.1) is 21.1 Å². The number of sulfonamides is 1. The molecule has 194 valence electrons. The maximum absolute atomic E-state index is 13.2. The van der Waals surface area contributed by atoms with Crippen LogP contribution in [0.2, 0.25) is 0 Å². The van der Waals surface area contributed by atoms with Crippen LogP contribution in [-0.2, 0) is 16.4 Å². The number of thiazole rings is 1. The molecular weight excluding hydrogens is 494 g/mol. The van der Waals surface area contributed by atoms with E-state index in [2.05, 4.69) is 10.0 Å². The lowest BCUT2D eigenvalue weighted by Gasteiger charge is -2.25. The van der Waals surface area contributed by atoms with E-state index in [0.29, 0.717) is 16.3 Å². The molecule has 1 amide bonds. The topological polar surface area (TPSA) is 108 Å². The minimum Gasteiger partial charge on any atom is -0.389 e. The molecule has 0 radical (unpaired) electrons. The van der Waals surface area contributed by atoms with Crippen molar-refractivity contribution >= 4 is 38.0 Å². The summed E-state index contributed by atoms with van der Waals surface area (Å²) in [5, 5.41) is 14.6. The minimum absolute atomic E-state index is 0.120. The van der Waals surface area contributed by atoms with Crippen LogP contribution in [0, 0.1) is 5.92 Å². The molecule has 36 heavy (non-hydrogen) atoms. The number of benzene rings is 2. The summed E-state index contributed by atoms with van der Waals surface area (Å²) in [4.78, 5) is 18.7. The largest absolute Gasteiger partial charge is 0.389 e. The van der Waals surface area contributed by atoms with E-state index in [1.165, 1.54) is 17.8 Å². The fraction of sp³-hybridized carbons (Fsp3) is 0.481. The first-order chi connectivity index (χ1) is 16.7. The summed E-state index contributed by atoms with van der Waals surface area (Å²) in [5.74, 6) is 0.223. The number of amides is 1. The predicted molar refractivity (Wildman–Crippen MR) is 145 cm³/mol. The van der Waals surface area contributed by atoms with Gasteiger partial charge in [0.2, 0.25) is 10.0 Å². The first-order valence-corrected chi connectivity index (χ1v) is 14.6. The molecule has 2 aromatic carbocycles. The van der Waals surface area contributed by atoms with Gasteiger partial charge < -0.3 is 10.4 Å². The van der Waals surface area contributed by atoms with Crippen molar-refractivity contribution in [2.24, 2.45) is 5.92 Å². The predicted octanol–water partition coefficient (Wildman–Crippen LogP) is 4.88. The van der Waals surface area contributed by atoms with Gasteiger partial charge >= 0.3 is 0 Å². The first-order valence-electron chi connectivity index (χ1n) is 12.3. The van der Waals surface area contributed by atoms with E-state index in [4.69, 9.17) is 4.98 Å². The van der Waals surface area contributed by atoms with Gasteiger partial charge in [-0.15, -0.1) is 11.3 Å². The summed E-state index contributed by atoms with van der Waals surface area (Å²) in [6, 6.07) is 10.9. The molecule has 1 aromatic heterocycles. The lowest BCUT2D eigenvalue weighted by Crippen LogP contribution is -2.40. The Morgan fingerprint density at radius 2 is 1.75 bits per heavy atom. The van der Waals surface area contributed by atoms with Crippen molar-refractivity contribution in [1.29, 1.82) is 0 Å². The Hall–Kier alpha value is -2.33. The second-order valence-corrected chi connectivity index (χ2v) is 14.0.